The van der Waals surface area contributed by atoms with Gasteiger partial charge in [0.15, 0.2) is 11.5 Å². The number of benzene rings is 2. The fourth-order valence-electron chi connectivity index (χ4n) is 2.17. The van der Waals surface area contributed by atoms with Crippen molar-refractivity contribution in [1.29, 1.82) is 0 Å². The van der Waals surface area contributed by atoms with Crippen LogP contribution in [0.15, 0.2) is 41.5 Å². The molecule has 0 saturated carbocycles. The first-order valence-corrected chi connectivity index (χ1v) is 6.13. The number of rotatable bonds is 3. The van der Waals surface area contributed by atoms with E-state index >= 15 is 0 Å². The molecule has 5 heteroatoms. The zero-order valence-electron chi connectivity index (χ0n) is 11.0. The topological polar surface area (TPSA) is 66.1 Å². The lowest BCUT2D eigenvalue weighted by atomic mass is 9.99. The van der Waals surface area contributed by atoms with E-state index in [4.69, 9.17) is 20.1 Å². The van der Waals surface area contributed by atoms with Crippen molar-refractivity contribution >= 4 is 6.21 Å². The predicted molar refractivity (Wildman–Crippen MR) is 76.3 cm³/mol. The van der Waals surface area contributed by atoms with E-state index in [0.29, 0.717) is 5.75 Å². The van der Waals surface area contributed by atoms with Crippen LogP contribution in [0.25, 0.3) is 11.1 Å². The van der Waals surface area contributed by atoms with Crippen molar-refractivity contribution in [2.45, 2.75) is 0 Å². The summed E-state index contributed by atoms with van der Waals surface area (Å²) in [7, 11) is 1.64. The van der Waals surface area contributed by atoms with Gasteiger partial charge in [0.2, 0.25) is 6.79 Å². The molecular formula is C15H14N2O3. The minimum absolute atomic E-state index is 0.237. The van der Waals surface area contributed by atoms with Crippen molar-refractivity contribution in [1.82, 2.24) is 0 Å². The Morgan fingerprint density at radius 1 is 1.15 bits per heavy atom. The molecule has 1 aliphatic heterocycles. The van der Waals surface area contributed by atoms with E-state index in [2.05, 4.69) is 5.10 Å². The molecule has 1 aliphatic rings. The average molecular weight is 270 g/mol. The van der Waals surface area contributed by atoms with Crippen molar-refractivity contribution in [3.63, 3.8) is 0 Å². The molecule has 0 unspecified atom stereocenters. The molecule has 102 valence electrons. The van der Waals surface area contributed by atoms with E-state index < -0.39 is 0 Å². The molecule has 0 amide bonds. The molecule has 0 aromatic heterocycles. The van der Waals surface area contributed by atoms with Gasteiger partial charge >= 0.3 is 0 Å². The number of ether oxygens (including phenoxy) is 3. The lowest BCUT2D eigenvalue weighted by Gasteiger charge is -2.09. The van der Waals surface area contributed by atoms with Crippen LogP contribution in [-0.4, -0.2) is 20.1 Å². The highest BCUT2D eigenvalue weighted by atomic mass is 16.7. The SMILES string of the molecule is COc1ccc(-c2cc3c(cc2C=NN)OCO3)cc1. The summed E-state index contributed by atoms with van der Waals surface area (Å²) in [6.07, 6.45) is 1.60. The Bertz CT molecular complexity index is 651. The lowest BCUT2D eigenvalue weighted by Crippen LogP contribution is -1.93. The smallest absolute Gasteiger partial charge is 0.231 e. The van der Waals surface area contributed by atoms with Crippen LogP contribution in [0.4, 0.5) is 0 Å². The molecule has 0 atom stereocenters. The Kier molecular flexibility index (Phi) is 3.16. The number of hydrazone groups is 1. The summed E-state index contributed by atoms with van der Waals surface area (Å²) in [6.45, 7) is 0.237. The molecule has 0 bridgehead atoms. The first kappa shape index (κ1) is 12.3. The van der Waals surface area contributed by atoms with E-state index in [-0.39, 0.29) is 6.79 Å². The normalized spacial score (nSPS) is 12.8. The summed E-state index contributed by atoms with van der Waals surface area (Å²) in [5, 5.41) is 3.61. The van der Waals surface area contributed by atoms with E-state index in [1.54, 1.807) is 13.3 Å². The Morgan fingerprint density at radius 3 is 2.50 bits per heavy atom. The number of fused-ring (bicyclic) bond motifs is 1. The monoisotopic (exact) mass is 270 g/mol. The molecule has 1 heterocycles. The number of hydrogen-bond donors (Lipinski definition) is 1. The molecule has 0 radical (unpaired) electrons. The third-order valence-corrected chi connectivity index (χ3v) is 3.16. The van der Waals surface area contributed by atoms with Gasteiger partial charge in [-0.1, -0.05) is 12.1 Å². The minimum Gasteiger partial charge on any atom is -0.497 e. The molecule has 20 heavy (non-hydrogen) atoms. The molecule has 0 saturated heterocycles. The second kappa shape index (κ2) is 5.13. The number of methoxy groups -OCH3 is 1. The third-order valence-electron chi connectivity index (χ3n) is 3.16. The highest BCUT2D eigenvalue weighted by Crippen LogP contribution is 2.38. The van der Waals surface area contributed by atoms with Crippen molar-refractivity contribution in [2.24, 2.45) is 10.9 Å². The summed E-state index contributed by atoms with van der Waals surface area (Å²) in [5.74, 6) is 7.52. The molecular weight excluding hydrogens is 256 g/mol. The zero-order valence-corrected chi connectivity index (χ0v) is 11.0. The number of nitrogens with two attached hydrogens (primary N) is 1. The predicted octanol–water partition coefficient (Wildman–Crippen LogP) is 2.38. The van der Waals surface area contributed by atoms with Crippen molar-refractivity contribution in [3.8, 4) is 28.4 Å². The van der Waals surface area contributed by atoms with Gasteiger partial charge < -0.3 is 20.1 Å². The molecule has 3 rings (SSSR count). The fraction of sp³-hybridized carbons (Fsp3) is 0.133. The molecule has 5 nitrogen and oxygen atoms in total. The summed E-state index contributed by atoms with van der Waals surface area (Å²) in [4.78, 5) is 0. The quantitative estimate of drug-likeness (QED) is 0.528. The molecule has 2 N–H and O–H groups in total. The Hall–Kier alpha value is -2.69. The first-order valence-electron chi connectivity index (χ1n) is 6.13. The third kappa shape index (κ3) is 2.14. The number of hydrogen-bond acceptors (Lipinski definition) is 5. The summed E-state index contributed by atoms with van der Waals surface area (Å²) in [6, 6.07) is 11.6. The summed E-state index contributed by atoms with van der Waals surface area (Å²) >= 11 is 0. The van der Waals surface area contributed by atoms with E-state index in [1.807, 2.05) is 36.4 Å². The Morgan fingerprint density at radius 2 is 1.85 bits per heavy atom. The van der Waals surface area contributed by atoms with Crippen LogP contribution in [0.5, 0.6) is 17.2 Å². The van der Waals surface area contributed by atoms with Gasteiger partial charge in [0.25, 0.3) is 0 Å². The van der Waals surface area contributed by atoms with Gasteiger partial charge in [0.1, 0.15) is 5.75 Å². The average Bonchev–Trinajstić information content (AvgIpc) is 2.94. The highest BCUT2D eigenvalue weighted by molar-refractivity contribution is 5.92. The highest BCUT2D eigenvalue weighted by Gasteiger charge is 2.17. The lowest BCUT2D eigenvalue weighted by molar-refractivity contribution is 0.174. The van der Waals surface area contributed by atoms with Crippen LogP contribution >= 0.6 is 0 Å². The number of nitrogens with zero attached hydrogens (tertiary/aromatic N) is 1. The van der Waals surface area contributed by atoms with E-state index in [0.717, 1.165) is 28.2 Å². The Balaban J connectivity index is 2.10. The Labute approximate surface area is 116 Å². The fourth-order valence-corrected chi connectivity index (χ4v) is 2.17. The van der Waals surface area contributed by atoms with Gasteiger partial charge in [-0.3, -0.25) is 0 Å². The maximum atomic E-state index is 5.42. The maximum Gasteiger partial charge on any atom is 0.231 e. The summed E-state index contributed by atoms with van der Waals surface area (Å²) in [5.41, 5.74) is 2.88. The van der Waals surface area contributed by atoms with Crippen LogP contribution in [0.3, 0.4) is 0 Å². The largest absolute Gasteiger partial charge is 0.497 e. The second-order valence-corrected chi connectivity index (χ2v) is 4.30. The maximum absolute atomic E-state index is 5.42. The van der Waals surface area contributed by atoms with Crippen LogP contribution in [0, 0.1) is 0 Å². The zero-order chi connectivity index (χ0) is 13.9. The summed E-state index contributed by atoms with van der Waals surface area (Å²) < 4.78 is 15.9. The molecule has 0 fully saturated rings. The molecule has 0 spiro atoms. The van der Waals surface area contributed by atoms with Gasteiger partial charge in [-0.15, -0.1) is 0 Å². The van der Waals surface area contributed by atoms with Gasteiger partial charge in [0.05, 0.1) is 13.3 Å². The van der Waals surface area contributed by atoms with Crippen molar-refractivity contribution in [2.75, 3.05) is 13.9 Å². The van der Waals surface area contributed by atoms with Gasteiger partial charge in [-0.2, -0.15) is 5.10 Å². The second-order valence-electron chi connectivity index (χ2n) is 4.30. The van der Waals surface area contributed by atoms with Gasteiger partial charge in [0, 0.05) is 5.56 Å². The molecule has 2 aromatic rings. The van der Waals surface area contributed by atoms with Gasteiger partial charge in [-0.05, 0) is 35.4 Å². The van der Waals surface area contributed by atoms with Crippen LogP contribution in [0.2, 0.25) is 0 Å². The van der Waals surface area contributed by atoms with Gasteiger partial charge in [-0.25, -0.2) is 0 Å². The standard InChI is InChI=1S/C15H14N2O3/c1-18-12-4-2-10(3-5-12)13-7-15-14(19-9-20-15)6-11(13)8-17-16/h2-8H,9,16H2,1H3. The van der Waals surface area contributed by atoms with E-state index in [1.165, 1.54) is 0 Å². The van der Waals surface area contributed by atoms with Crippen molar-refractivity contribution < 1.29 is 14.2 Å². The van der Waals surface area contributed by atoms with Crippen LogP contribution in [-0.2, 0) is 0 Å². The van der Waals surface area contributed by atoms with E-state index in [9.17, 15) is 0 Å². The first-order chi connectivity index (χ1) is 9.81. The van der Waals surface area contributed by atoms with Crippen molar-refractivity contribution in [3.05, 3.63) is 42.0 Å². The van der Waals surface area contributed by atoms with Crippen LogP contribution < -0.4 is 20.1 Å². The molecule has 0 aliphatic carbocycles. The molecule has 2 aromatic carbocycles. The van der Waals surface area contributed by atoms with Crippen LogP contribution in [0.1, 0.15) is 5.56 Å². The minimum atomic E-state index is 0.237.